The van der Waals surface area contributed by atoms with Crippen molar-refractivity contribution in [3.63, 3.8) is 0 Å². The number of hydrogen-bond acceptors (Lipinski definition) is 1. The molecule has 0 aromatic rings. The van der Waals surface area contributed by atoms with Crippen LogP contribution in [0.2, 0.25) is 0 Å². The van der Waals surface area contributed by atoms with Crippen LogP contribution < -0.4 is 0 Å². The van der Waals surface area contributed by atoms with Crippen molar-refractivity contribution in [2.75, 3.05) is 0 Å². The first-order valence-electron chi connectivity index (χ1n) is 8.89. The predicted molar refractivity (Wildman–Crippen MR) is 95.5 cm³/mol. The van der Waals surface area contributed by atoms with Crippen molar-refractivity contribution < 1.29 is 4.74 Å². The summed E-state index contributed by atoms with van der Waals surface area (Å²) in [4.78, 5) is 0. The number of rotatable bonds is 16. The lowest BCUT2D eigenvalue weighted by Crippen LogP contribution is -2.09. The van der Waals surface area contributed by atoms with Crippen LogP contribution >= 0.6 is 0 Å². The third-order valence-electron chi connectivity index (χ3n) is 3.84. The second kappa shape index (κ2) is 17.1. The number of unbranched alkanes of at least 4 members (excludes halogenated alkanes) is 8. The standard InChI is InChI=1S/C20H36O/c1-4-7-9-11-12-13-14-15-17-19-20(21-6-3)18-16-10-8-5-2/h4,6-7,9,20H,1,3,5,8,10-19H2,2H3. The fourth-order valence-electron chi connectivity index (χ4n) is 2.57. The van der Waals surface area contributed by atoms with Crippen molar-refractivity contribution in [2.45, 2.75) is 90.1 Å². The quantitative estimate of drug-likeness (QED) is 0.170. The van der Waals surface area contributed by atoms with E-state index in [2.05, 4.69) is 26.2 Å². The van der Waals surface area contributed by atoms with Crippen LogP contribution in [0.3, 0.4) is 0 Å². The van der Waals surface area contributed by atoms with Gasteiger partial charge in [-0.3, -0.25) is 0 Å². The first kappa shape index (κ1) is 20.0. The SMILES string of the molecule is C=CC=CCCCCCCCC(CCCCCC)OC=C. The Balaban J connectivity index is 3.48. The van der Waals surface area contributed by atoms with Crippen molar-refractivity contribution in [3.05, 3.63) is 37.6 Å². The third kappa shape index (κ3) is 15.2. The molecule has 1 nitrogen and oxygen atoms in total. The summed E-state index contributed by atoms with van der Waals surface area (Å²) in [5.74, 6) is 0. The van der Waals surface area contributed by atoms with E-state index in [9.17, 15) is 0 Å². The minimum absolute atomic E-state index is 0.398. The number of ether oxygens (including phenoxy) is 1. The van der Waals surface area contributed by atoms with Gasteiger partial charge in [-0.05, 0) is 38.5 Å². The highest BCUT2D eigenvalue weighted by atomic mass is 16.5. The van der Waals surface area contributed by atoms with Crippen molar-refractivity contribution >= 4 is 0 Å². The van der Waals surface area contributed by atoms with Crippen molar-refractivity contribution in [1.82, 2.24) is 0 Å². The highest BCUT2D eigenvalue weighted by Gasteiger charge is 2.07. The van der Waals surface area contributed by atoms with Gasteiger partial charge >= 0.3 is 0 Å². The molecule has 1 atom stereocenters. The summed E-state index contributed by atoms with van der Waals surface area (Å²) in [6, 6.07) is 0. The Hall–Kier alpha value is -0.980. The van der Waals surface area contributed by atoms with Crippen LogP contribution in [-0.4, -0.2) is 6.10 Å². The molecule has 0 amide bonds. The Labute approximate surface area is 133 Å². The van der Waals surface area contributed by atoms with Crippen LogP contribution in [0, 0.1) is 0 Å². The average molecular weight is 293 g/mol. The zero-order valence-electron chi connectivity index (χ0n) is 14.2. The second-order valence-corrected chi connectivity index (χ2v) is 5.78. The van der Waals surface area contributed by atoms with Crippen molar-refractivity contribution in [2.24, 2.45) is 0 Å². The van der Waals surface area contributed by atoms with E-state index in [0.717, 1.165) is 0 Å². The largest absolute Gasteiger partial charge is 0.499 e. The van der Waals surface area contributed by atoms with Crippen molar-refractivity contribution in [1.29, 1.82) is 0 Å². The summed E-state index contributed by atoms with van der Waals surface area (Å²) in [5, 5.41) is 0. The van der Waals surface area contributed by atoms with Gasteiger partial charge in [0.1, 0.15) is 0 Å². The van der Waals surface area contributed by atoms with Gasteiger partial charge in [-0.15, -0.1) is 0 Å². The summed E-state index contributed by atoms with van der Waals surface area (Å²) >= 11 is 0. The topological polar surface area (TPSA) is 9.23 Å². The van der Waals surface area contributed by atoms with Crippen LogP contribution in [-0.2, 0) is 4.74 Å². The lowest BCUT2D eigenvalue weighted by Gasteiger charge is -2.16. The molecule has 0 aliphatic heterocycles. The minimum atomic E-state index is 0.398. The molecule has 0 rings (SSSR count). The van der Waals surface area contributed by atoms with E-state index in [-0.39, 0.29) is 0 Å². The molecule has 1 heteroatoms. The maximum atomic E-state index is 5.64. The molecule has 1 unspecified atom stereocenters. The molecule has 0 aliphatic carbocycles. The maximum absolute atomic E-state index is 5.64. The van der Waals surface area contributed by atoms with Gasteiger partial charge in [0, 0.05) is 0 Å². The number of allylic oxidation sites excluding steroid dienone is 3. The highest BCUT2D eigenvalue weighted by molar-refractivity contribution is 4.96. The van der Waals surface area contributed by atoms with Gasteiger partial charge in [0.2, 0.25) is 0 Å². The molecule has 0 heterocycles. The summed E-state index contributed by atoms with van der Waals surface area (Å²) in [6.07, 6.45) is 23.6. The van der Waals surface area contributed by atoms with E-state index in [0.29, 0.717) is 6.10 Å². The number of hydrogen-bond donors (Lipinski definition) is 0. The van der Waals surface area contributed by atoms with Gasteiger partial charge in [0.25, 0.3) is 0 Å². The lowest BCUT2D eigenvalue weighted by molar-refractivity contribution is 0.121. The Morgan fingerprint density at radius 3 is 2.10 bits per heavy atom. The van der Waals surface area contributed by atoms with Gasteiger partial charge in [-0.2, -0.15) is 0 Å². The van der Waals surface area contributed by atoms with E-state index in [1.165, 1.54) is 77.0 Å². The Morgan fingerprint density at radius 2 is 1.48 bits per heavy atom. The molecule has 0 aromatic carbocycles. The lowest BCUT2D eigenvalue weighted by atomic mass is 10.0. The zero-order valence-corrected chi connectivity index (χ0v) is 14.2. The Bertz CT molecular complexity index is 255. The second-order valence-electron chi connectivity index (χ2n) is 5.78. The van der Waals surface area contributed by atoms with Crippen LogP contribution in [0.15, 0.2) is 37.6 Å². The fraction of sp³-hybridized carbons (Fsp3) is 0.700. The molecule has 0 radical (unpaired) electrons. The average Bonchev–Trinajstić information content (AvgIpc) is 2.49. The molecule has 122 valence electrons. The highest BCUT2D eigenvalue weighted by Crippen LogP contribution is 2.16. The molecule has 0 bridgehead atoms. The van der Waals surface area contributed by atoms with E-state index in [1.807, 2.05) is 12.2 Å². The van der Waals surface area contributed by atoms with E-state index >= 15 is 0 Å². The van der Waals surface area contributed by atoms with Crippen LogP contribution in [0.4, 0.5) is 0 Å². The molecule has 0 saturated heterocycles. The molecule has 0 spiro atoms. The summed E-state index contributed by atoms with van der Waals surface area (Å²) < 4.78 is 5.64. The molecule has 0 fully saturated rings. The van der Waals surface area contributed by atoms with Crippen molar-refractivity contribution in [3.8, 4) is 0 Å². The summed E-state index contributed by atoms with van der Waals surface area (Å²) in [5.41, 5.74) is 0. The Morgan fingerprint density at radius 1 is 0.857 bits per heavy atom. The minimum Gasteiger partial charge on any atom is -0.499 e. The van der Waals surface area contributed by atoms with Gasteiger partial charge in [-0.25, -0.2) is 0 Å². The molecular weight excluding hydrogens is 256 g/mol. The normalized spacial score (nSPS) is 12.4. The first-order valence-corrected chi connectivity index (χ1v) is 8.89. The molecule has 0 N–H and O–H groups in total. The first-order chi connectivity index (χ1) is 10.3. The van der Waals surface area contributed by atoms with Gasteiger partial charge < -0.3 is 4.74 Å². The van der Waals surface area contributed by atoms with Gasteiger partial charge in [0.05, 0.1) is 12.4 Å². The van der Waals surface area contributed by atoms with E-state index < -0.39 is 0 Å². The van der Waals surface area contributed by atoms with E-state index in [1.54, 1.807) is 6.26 Å². The smallest absolute Gasteiger partial charge is 0.0978 e. The maximum Gasteiger partial charge on any atom is 0.0978 e. The van der Waals surface area contributed by atoms with Crippen LogP contribution in [0.25, 0.3) is 0 Å². The zero-order chi connectivity index (χ0) is 15.6. The fourth-order valence-corrected chi connectivity index (χ4v) is 2.57. The van der Waals surface area contributed by atoms with Crippen LogP contribution in [0.1, 0.15) is 84.0 Å². The molecule has 0 saturated carbocycles. The third-order valence-corrected chi connectivity index (χ3v) is 3.84. The summed E-state index contributed by atoms with van der Waals surface area (Å²) in [7, 11) is 0. The van der Waals surface area contributed by atoms with Gasteiger partial charge in [-0.1, -0.05) is 76.8 Å². The molecule has 0 aromatic heterocycles. The predicted octanol–water partition coefficient (Wildman–Crippen LogP) is 6.96. The monoisotopic (exact) mass is 292 g/mol. The van der Waals surface area contributed by atoms with Gasteiger partial charge in [0.15, 0.2) is 0 Å². The van der Waals surface area contributed by atoms with E-state index in [4.69, 9.17) is 4.74 Å². The Kier molecular flexibility index (Phi) is 16.3. The summed E-state index contributed by atoms with van der Waals surface area (Å²) in [6.45, 7) is 9.63. The van der Waals surface area contributed by atoms with Crippen LogP contribution in [0.5, 0.6) is 0 Å². The molecule has 21 heavy (non-hydrogen) atoms. The molecule has 0 aliphatic rings. The molecular formula is C20H36O.